The topological polar surface area (TPSA) is 49.8 Å². The number of nitrogens with one attached hydrogen (secondary N) is 2. The smallest absolute Gasteiger partial charge is 0.160 e. The summed E-state index contributed by atoms with van der Waals surface area (Å²) in [5.74, 6) is -3.28. The van der Waals surface area contributed by atoms with Crippen molar-refractivity contribution in [3.63, 3.8) is 0 Å². The normalized spacial score (nSPS) is 10.5. The summed E-state index contributed by atoms with van der Waals surface area (Å²) in [7, 11) is 0. The number of hydrogen-bond donors (Lipinski definition) is 2. The molecule has 0 atom stereocenters. The first-order valence-electron chi connectivity index (χ1n) is 6.77. The predicted octanol–water partition coefficient (Wildman–Crippen LogP) is 4.52. The lowest BCUT2D eigenvalue weighted by Gasteiger charge is -2.09. The zero-order chi connectivity index (χ0) is 17.1. The van der Waals surface area contributed by atoms with E-state index in [1.165, 1.54) is 24.5 Å². The van der Waals surface area contributed by atoms with Gasteiger partial charge in [-0.3, -0.25) is 0 Å². The van der Waals surface area contributed by atoms with Gasteiger partial charge < -0.3 is 10.6 Å². The first kappa shape index (κ1) is 15.7. The van der Waals surface area contributed by atoms with Gasteiger partial charge in [0, 0.05) is 29.6 Å². The van der Waals surface area contributed by atoms with Crippen LogP contribution in [-0.4, -0.2) is 9.97 Å². The molecule has 2 N–H and O–H groups in total. The fraction of sp³-hybridized carbons (Fsp3) is 0. The average Bonchev–Trinajstić information content (AvgIpc) is 2.55. The van der Waals surface area contributed by atoms with Gasteiger partial charge in [-0.2, -0.15) is 0 Å². The molecule has 0 saturated carbocycles. The summed E-state index contributed by atoms with van der Waals surface area (Å²) >= 11 is 0. The van der Waals surface area contributed by atoms with E-state index in [-0.39, 0.29) is 0 Å². The molecule has 0 amide bonds. The zero-order valence-corrected chi connectivity index (χ0v) is 12.0. The molecule has 0 radical (unpaired) electrons. The highest BCUT2D eigenvalue weighted by Crippen LogP contribution is 2.21. The average molecular weight is 334 g/mol. The Balaban J connectivity index is 1.78. The highest BCUT2D eigenvalue weighted by molar-refractivity contribution is 5.62. The third-order valence-electron chi connectivity index (χ3n) is 3.05. The maximum Gasteiger partial charge on any atom is 0.160 e. The van der Waals surface area contributed by atoms with Crippen LogP contribution in [0.3, 0.4) is 0 Å². The molecule has 0 saturated heterocycles. The molecule has 0 fully saturated rings. The number of anilines is 4. The molecule has 0 aliphatic heterocycles. The molecular weight excluding hydrogens is 324 g/mol. The highest BCUT2D eigenvalue weighted by Gasteiger charge is 2.06. The van der Waals surface area contributed by atoms with Crippen molar-refractivity contribution < 1.29 is 17.6 Å². The van der Waals surface area contributed by atoms with Crippen LogP contribution in [0, 0.1) is 23.3 Å². The summed E-state index contributed by atoms with van der Waals surface area (Å²) in [6.07, 6.45) is 1.23. The van der Waals surface area contributed by atoms with Crippen LogP contribution in [0.5, 0.6) is 0 Å². The maximum atomic E-state index is 13.2. The van der Waals surface area contributed by atoms with Gasteiger partial charge in [-0.25, -0.2) is 27.5 Å². The molecule has 2 aromatic carbocycles. The Morgan fingerprint density at radius 2 is 1.04 bits per heavy atom. The molecule has 0 spiro atoms. The van der Waals surface area contributed by atoms with Crippen molar-refractivity contribution in [2.45, 2.75) is 0 Å². The number of aromatic nitrogens is 2. The number of nitrogens with zero attached hydrogens (tertiary/aromatic N) is 2. The zero-order valence-electron chi connectivity index (χ0n) is 12.0. The molecule has 3 aromatic rings. The van der Waals surface area contributed by atoms with E-state index in [9.17, 15) is 17.6 Å². The van der Waals surface area contributed by atoms with Gasteiger partial charge in [0.05, 0.1) is 0 Å². The minimum atomic E-state index is -0.991. The van der Waals surface area contributed by atoms with Gasteiger partial charge in [-0.05, 0) is 24.3 Å². The third-order valence-corrected chi connectivity index (χ3v) is 3.05. The molecule has 0 aliphatic rings. The first-order valence-corrected chi connectivity index (χ1v) is 6.77. The quantitative estimate of drug-likeness (QED) is 0.689. The molecular formula is C16H10F4N4. The Morgan fingerprint density at radius 3 is 1.46 bits per heavy atom. The summed E-state index contributed by atoms with van der Waals surface area (Å²) in [4.78, 5) is 7.90. The minimum absolute atomic E-state index is 0.298. The molecule has 8 heteroatoms. The molecule has 1 aromatic heterocycles. The Hall–Kier alpha value is -3.16. The number of benzene rings is 2. The van der Waals surface area contributed by atoms with Gasteiger partial charge in [0.15, 0.2) is 23.3 Å². The molecule has 1 heterocycles. The largest absolute Gasteiger partial charge is 0.340 e. The lowest BCUT2D eigenvalue weighted by atomic mass is 10.3. The highest BCUT2D eigenvalue weighted by atomic mass is 19.2. The third kappa shape index (κ3) is 3.60. The molecule has 122 valence electrons. The van der Waals surface area contributed by atoms with Crippen LogP contribution in [-0.2, 0) is 0 Å². The van der Waals surface area contributed by atoms with Crippen molar-refractivity contribution >= 4 is 23.0 Å². The molecule has 0 unspecified atom stereocenters. The second-order valence-corrected chi connectivity index (χ2v) is 4.80. The van der Waals surface area contributed by atoms with Gasteiger partial charge in [0.1, 0.15) is 18.0 Å². The second-order valence-electron chi connectivity index (χ2n) is 4.80. The SMILES string of the molecule is Fc1ccc(Nc2cc(Nc3ccc(F)c(F)c3)ncn2)cc1F. The van der Waals surface area contributed by atoms with Crippen LogP contribution in [0.25, 0.3) is 0 Å². The van der Waals surface area contributed by atoms with Crippen LogP contribution in [0.4, 0.5) is 40.6 Å². The summed E-state index contributed by atoms with van der Waals surface area (Å²) in [6.45, 7) is 0. The van der Waals surface area contributed by atoms with Crippen molar-refractivity contribution in [2.24, 2.45) is 0 Å². The molecule has 0 bridgehead atoms. The fourth-order valence-electron chi connectivity index (χ4n) is 1.94. The van der Waals surface area contributed by atoms with Crippen LogP contribution in [0.2, 0.25) is 0 Å². The van der Waals surface area contributed by atoms with Crippen molar-refractivity contribution in [1.29, 1.82) is 0 Å². The minimum Gasteiger partial charge on any atom is -0.340 e. The van der Waals surface area contributed by atoms with Crippen molar-refractivity contribution in [3.05, 3.63) is 72.1 Å². The van der Waals surface area contributed by atoms with E-state index in [1.807, 2.05) is 0 Å². The van der Waals surface area contributed by atoms with Crippen LogP contribution in [0.15, 0.2) is 48.8 Å². The van der Waals surface area contributed by atoms with Crippen molar-refractivity contribution in [2.75, 3.05) is 10.6 Å². The van der Waals surface area contributed by atoms with Gasteiger partial charge in [-0.1, -0.05) is 0 Å². The van der Waals surface area contributed by atoms with Gasteiger partial charge >= 0.3 is 0 Å². The summed E-state index contributed by atoms with van der Waals surface area (Å²) in [5.41, 5.74) is 0.595. The van der Waals surface area contributed by atoms with E-state index < -0.39 is 23.3 Å². The van der Waals surface area contributed by atoms with Gasteiger partial charge in [0.25, 0.3) is 0 Å². The van der Waals surface area contributed by atoms with Crippen LogP contribution >= 0.6 is 0 Å². The second kappa shape index (κ2) is 6.53. The number of rotatable bonds is 4. The van der Waals surface area contributed by atoms with Gasteiger partial charge in [-0.15, -0.1) is 0 Å². The van der Waals surface area contributed by atoms with E-state index >= 15 is 0 Å². The van der Waals surface area contributed by atoms with Crippen molar-refractivity contribution in [1.82, 2.24) is 9.97 Å². The molecule has 24 heavy (non-hydrogen) atoms. The maximum absolute atomic E-state index is 13.2. The Kier molecular flexibility index (Phi) is 4.28. The van der Waals surface area contributed by atoms with E-state index in [0.29, 0.717) is 23.0 Å². The van der Waals surface area contributed by atoms with Crippen LogP contribution in [0.1, 0.15) is 0 Å². The van der Waals surface area contributed by atoms with Gasteiger partial charge in [0.2, 0.25) is 0 Å². The van der Waals surface area contributed by atoms with E-state index in [2.05, 4.69) is 20.6 Å². The van der Waals surface area contributed by atoms with E-state index in [1.54, 1.807) is 0 Å². The summed E-state index contributed by atoms with van der Waals surface area (Å²) in [6, 6.07) is 8.12. The molecule has 3 rings (SSSR count). The molecule has 4 nitrogen and oxygen atoms in total. The van der Waals surface area contributed by atoms with Crippen molar-refractivity contribution in [3.8, 4) is 0 Å². The lowest BCUT2D eigenvalue weighted by molar-refractivity contribution is 0.509. The Bertz CT molecular complexity index is 817. The Labute approximate surface area is 134 Å². The summed E-state index contributed by atoms with van der Waals surface area (Å²) < 4.78 is 52.2. The first-order chi connectivity index (χ1) is 11.5. The monoisotopic (exact) mass is 334 g/mol. The number of hydrogen-bond acceptors (Lipinski definition) is 4. The Morgan fingerprint density at radius 1 is 0.583 bits per heavy atom. The standard InChI is InChI=1S/C16H10F4N4/c17-11-3-1-9(5-13(11)19)23-15-7-16(22-8-21-15)24-10-2-4-12(18)14(20)6-10/h1-8H,(H2,21,22,23,24). The fourth-order valence-corrected chi connectivity index (χ4v) is 1.94. The lowest BCUT2D eigenvalue weighted by Crippen LogP contribution is -1.99. The summed E-state index contributed by atoms with van der Waals surface area (Å²) in [5, 5.41) is 5.57. The van der Waals surface area contributed by atoms with E-state index in [0.717, 1.165) is 24.3 Å². The van der Waals surface area contributed by atoms with E-state index in [4.69, 9.17) is 0 Å². The van der Waals surface area contributed by atoms with Crippen LogP contribution < -0.4 is 10.6 Å². The predicted molar refractivity (Wildman–Crippen MR) is 81.3 cm³/mol. The molecule has 0 aliphatic carbocycles. The number of halogens is 4.